The molecule has 1 aromatic heterocycles. The summed E-state index contributed by atoms with van der Waals surface area (Å²) in [7, 11) is 0. The van der Waals surface area contributed by atoms with E-state index in [-0.39, 0.29) is 36.0 Å². The molecule has 0 bridgehead atoms. The zero-order valence-corrected chi connectivity index (χ0v) is 15.1. The van der Waals surface area contributed by atoms with Crippen LogP contribution in [0.3, 0.4) is 0 Å². The molecule has 2 aromatic rings. The van der Waals surface area contributed by atoms with Crippen molar-refractivity contribution in [3.63, 3.8) is 0 Å². The Hall–Kier alpha value is -2.31. The van der Waals surface area contributed by atoms with Gasteiger partial charge < -0.3 is 20.8 Å². The van der Waals surface area contributed by atoms with Crippen LogP contribution in [0.25, 0.3) is 0 Å². The number of carbonyl (C=O) groups excluding carboxylic acids is 2. The van der Waals surface area contributed by atoms with Crippen LogP contribution in [-0.4, -0.2) is 24.4 Å². The number of nitrogens with one attached hydrogen (secondary N) is 2. The van der Waals surface area contributed by atoms with E-state index in [0.29, 0.717) is 6.54 Å². The van der Waals surface area contributed by atoms with Crippen LogP contribution in [0.5, 0.6) is 0 Å². The average Bonchev–Trinajstić information content (AvgIpc) is 3.12. The molecule has 25 heavy (non-hydrogen) atoms. The van der Waals surface area contributed by atoms with Gasteiger partial charge in [-0.05, 0) is 23.6 Å². The maximum absolute atomic E-state index is 12.4. The molecule has 6 nitrogen and oxygen atoms in total. The van der Waals surface area contributed by atoms with Crippen molar-refractivity contribution >= 4 is 24.2 Å². The molecule has 1 heterocycles. The van der Waals surface area contributed by atoms with Crippen LogP contribution in [0.15, 0.2) is 53.1 Å². The van der Waals surface area contributed by atoms with Crippen LogP contribution >= 0.6 is 12.4 Å². The molecule has 136 valence electrons. The first-order valence-corrected chi connectivity index (χ1v) is 7.91. The third-order valence-corrected chi connectivity index (χ3v) is 3.70. The molecule has 0 aliphatic heterocycles. The van der Waals surface area contributed by atoms with Gasteiger partial charge in [-0.3, -0.25) is 9.59 Å². The number of rotatable bonds is 7. The lowest BCUT2D eigenvalue weighted by molar-refractivity contribution is -0.124. The third kappa shape index (κ3) is 5.92. The van der Waals surface area contributed by atoms with Crippen molar-refractivity contribution in [2.45, 2.75) is 25.9 Å². The quantitative estimate of drug-likeness (QED) is 0.701. The van der Waals surface area contributed by atoms with Crippen molar-refractivity contribution in [2.24, 2.45) is 11.7 Å². The smallest absolute Gasteiger partial charge is 0.287 e. The second-order valence-electron chi connectivity index (χ2n) is 5.93. The fourth-order valence-electron chi connectivity index (χ4n) is 2.29. The van der Waals surface area contributed by atoms with Crippen molar-refractivity contribution in [3.8, 4) is 0 Å². The Kier molecular flexibility index (Phi) is 8.18. The van der Waals surface area contributed by atoms with Gasteiger partial charge in [-0.1, -0.05) is 44.2 Å². The van der Waals surface area contributed by atoms with Crippen LogP contribution in [-0.2, 0) is 4.79 Å². The number of halogens is 1. The minimum absolute atomic E-state index is 0. The van der Waals surface area contributed by atoms with E-state index in [4.69, 9.17) is 10.2 Å². The second kappa shape index (κ2) is 9.86. The van der Waals surface area contributed by atoms with Crippen LogP contribution in [0.2, 0.25) is 0 Å². The van der Waals surface area contributed by atoms with E-state index in [9.17, 15) is 9.59 Å². The summed E-state index contributed by atoms with van der Waals surface area (Å²) >= 11 is 0. The number of amides is 2. The molecule has 0 fully saturated rings. The first-order valence-electron chi connectivity index (χ1n) is 7.91. The van der Waals surface area contributed by atoms with Gasteiger partial charge >= 0.3 is 0 Å². The van der Waals surface area contributed by atoms with Gasteiger partial charge in [-0.15, -0.1) is 12.4 Å². The number of hydrogen-bond donors (Lipinski definition) is 3. The van der Waals surface area contributed by atoms with Crippen LogP contribution in [0.4, 0.5) is 0 Å². The molecule has 0 spiro atoms. The van der Waals surface area contributed by atoms with E-state index < -0.39 is 11.9 Å². The summed E-state index contributed by atoms with van der Waals surface area (Å²) in [6.07, 6.45) is 1.41. The lowest BCUT2D eigenvalue weighted by Crippen LogP contribution is -2.50. The SMILES string of the molecule is CC(C)C(NC(=O)c1ccco1)C(=O)NCC(N)c1ccccc1.Cl. The number of furan rings is 1. The highest BCUT2D eigenvalue weighted by molar-refractivity contribution is 5.95. The summed E-state index contributed by atoms with van der Waals surface area (Å²) in [6.45, 7) is 4.02. The molecular formula is C18H24ClN3O3. The Labute approximate surface area is 153 Å². The van der Waals surface area contributed by atoms with Gasteiger partial charge in [-0.2, -0.15) is 0 Å². The summed E-state index contributed by atoms with van der Waals surface area (Å²) in [6, 6.07) is 11.7. The van der Waals surface area contributed by atoms with Crippen molar-refractivity contribution in [2.75, 3.05) is 6.54 Å². The largest absolute Gasteiger partial charge is 0.459 e. The molecule has 4 N–H and O–H groups in total. The van der Waals surface area contributed by atoms with Gasteiger partial charge in [0.15, 0.2) is 5.76 Å². The van der Waals surface area contributed by atoms with Gasteiger partial charge in [0.1, 0.15) is 6.04 Å². The molecule has 7 heteroatoms. The summed E-state index contributed by atoms with van der Waals surface area (Å²) in [5.41, 5.74) is 7.02. The molecule has 2 unspecified atom stereocenters. The molecule has 0 saturated heterocycles. The summed E-state index contributed by atoms with van der Waals surface area (Å²) in [4.78, 5) is 24.5. The Morgan fingerprint density at radius 2 is 1.80 bits per heavy atom. The summed E-state index contributed by atoms with van der Waals surface area (Å²) < 4.78 is 5.05. The first-order chi connectivity index (χ1) is 11.5. The van der Waals surface area contributed by atoms with Crippen molar-refractivity contribution < 1.29 is 14.0 Å². The predicted molar refractivity (Wildman–Crippen MR) is 98.4 cm³/mol. The van der Waals surface area contributed by atoms with E-state index in [1.165, 1.54) is 6.26 Å². The Morgan fingerprint density at radius 1 is 1.12 bits per heavy atom. The molecule has 2 amide bonds. The zero-order chi connectivity index (χ0) is 17.5. The maximum atomic E-state index is 12.4. The highest BCUT2D eigenvalue weighted by atomic mass is 35.5. The lowest BCUT2D eigenvalue weighted by Gasteiger charge is -2.22. The molecular weight excluding hydrogens is 342 g/mol. The predicted octanol–water partition coefficient (Wildman–Crippen LogP) is 2.27. The highest BCUT2D eigenvalue weighted by Gasteiger charge is 2.25. The van der Waals surface area contributed by atoms with Crippen molar-refractivity contribution in [1.29, 1.82) is 0 Å². The second-order valence-corrected chi connectivity index (χ2v) is 5.93. The van der Waals surface area contributed by atoms with Crippen molar-refractivity contribution in [3.05, 3.63) is 60.1 Å². The third-order valence-electron chi connectivity index (χ3n) is 3.70. The Morgan fingerprint density at radius 3 is 2.36 bits per heavy atom. The van der Waals surface area contributed by atoms with Gasteiger partial charge in [-0.25, -0.2) is 0 Å². The molecule has 1 aromatic carbocycles. The van der Waals surface area contributed by atoms with Gasteiger partial charge in [0, 0.05) is 12.6 Å². The standard InChI is InChI=1S/C18H23N3O3.ClH/c1-12(2)16(21-17(22)15-9-6-10-24-15)18(23)20-11-14(19)13-7-4-3-5-8-13;/h3-10,12,14,16H,11,19H2,1-2H3,(H,20,23)(H,21,22);1H. The Balaban J connectivity index is 0.00000312. The van der Waals surface area contributed by atoms with E-state index in [0.717, 1.165) is 5.56 Å². The average molecular weight is 366 g/mol. The van der Waals surface area contributed by atoms with Gasteiger partial charge in [0.25, 0.3) is 5.91 Å². The van der Waals surface area contributed by atoms with Crippen LogP contribution in [0, 0.1) is 5.92 Å². The van der Waals surface area contributed by atoms with E-state index >= 15 is 0 Å². The van der Waals surface area contributed by atoms with Crippen LogP contribution in [0.1, 0.15) is 36.0 Å². The zero-order valence-electron chi connectivity index (χ0n) is 14.3. The summed E-state index contributed by atoms with van der Waals surface area (Å²) in [5.74, 6) is -0.580. The topological polar surface area (TPSA) is 97.4 Å². The number of nitrogens with two attached hydrogens (primary N) is 1. The fourth-order valence-corrected chi connectivity index (χ4v) is 2.29. The van der Waals surface area contributed by atoms with E-state index in [2.05, 4.69) is 10.6 Å². The van der Waals surface area contributed by atoms with Crippen molar-refractivity contribution in [1.82, 2.24) is 10.6 Å². The number of benzene rings is 1. The van der Waals surface area contributed by atoms with Gasteiger partial charge in [0.2, 0.25) is 5.91 Å². The summed E-state index contributed by atoms with van der Waals surface area (Å²) in [5, 5.41) is 5.50. The molecule has 0 saturated carbocycles. The minimum Gasteiger partial charge on any atom is -0.459 e. The highest BCUT2D eigenvalue weighted by Crippen LogP contribution is 2.09. The normalized spacial score (nSPS) is 12.8. The molecule has 2 atom stereocenters. The monoisotopic (exact) mass is 365 g/mol. The number of hydrogen-bond acceptors (Lipinski definition) is 4. The fraction of sp³-hybridized carbons (Fsp3) is 0.333. The number of carbonyl (C=O) groups is 2. The first kappa shape index (κ1) is 20.7. The molecule has 2 rings (SSSR count). The molecule has 0 aliphatic carbocycles. The minimum atomic E-state index is -0.662. The van der Waals surface area contributed by atoms with E-state index in [1.807, 2.05) is 44.2 Å². The van der Waals surface area contributed by atoms with E-state index in [1.54, 1.807) is 12.1 Å². The molecule has 0 radical (unpaired) electrons. The lowest BCUT2D eigenvalue weighted by atomic mass is 10.0. The van der Waals surface area contributed by atoms with Crippen LogP contribution < -0.4 is 16.4 Å². The van der Waals surface area contributed by atoms with Gasteiger partial charge in [0.05, 0.1) is 6.26 Å². The Bertz CT molecular complexity index is 659. The maximum Gasteiger partial charge on any atom is 0.287 e. The molecule has 0 aliphatic rings.